The molecule has 0 aromatic heterocycles. The Labute approximate surface area is 131 Å². The molecule has 0 radical (unpaired) electrons. The fraction of sp³-hybridized carbons (Fsp3) is 0.0667. The van der Waals surface area contributed by atoms with Gasteiger partial charge in [0.05, 0.1) is 11.1 Å². The molecule has 0 unspecified atom stereocenters. The lowest BCUT2D eigenvalue weighted by molar-refractivity contribution is -0.385. The molecule has 0 saturated carbocycles. The van der Waals surface area contributed by atoms with Gasteiger partial charge in [-0.25, -0.2) is 5.43 Å². The van der Waals surface area contributed by atoms with Crippen LogP contribution in [0, 0.1) is 17.0 Å². The summed E-state index contributed by atoms with van der Waals surface area (Å²) in [6.45, 7) is 1.58. The monoisotopic (exact) mass is 317 g/mol. The molecule has 0 saturated heterocycles. The van der Waals surface area contributed by atoms with E-state index in [0.717, 1.165) is 5.56 Å². The van der Waals surface area contributed by atoms with Crippen LogP contribution in [0.1, 0.15) is 21.5 Å². The number of hydrogen-bond acceptors (Lipinski definition) is 4. The van der Waals surface area contributed by atoms with Crippen molar-refractivity contribution in [2.45, 2.75) is 6.92 Å². The third kappa shape index (κ3) is 3.89. The number of nitro groups is 1. The molecule has 7 heteroatoms. The zero-order chi connectivity index (χ0) is 16.1. The van der Waals surface area contributed by atoms with E-state index < -0.39 is 10.8 Å². The summed E-state index contributed by atoms with van der Waals surface area (Å²) in [5, 5.41) is 15.2. The van der Waals surface area contributed by atoms with E-state index >= 15 is 0 Å². The summed E-state index contributed by atoms with van der Waals surface area (Å²) < 4.78 is 0. The van der Waals surface area contributed by atoms with Gasteiger partial charge in [0.25, 0.3) is 11.6 Å². The van der Waals surface area contributed by atoms with E-state index in [0.29, 0.717) is 16.1 Å². The number of amides is 1. The quantitative estimate of drug-likeness (QED) is 0.533. The van der Waals surface area contributed by atoms with Crippen LogP contribution in [-0.2, 0) is 0 Å². The first-order valence-electron chi connectivity index (χ1n) is 6.31. The highest BCUT2D eigenvalue weighted by molar-refractivity contribution is 6.30. The van der Waals surface area contributed by atoms with E-state index in [1.807, 2.05) is 0 Å². The lowest BCUT2D eigenvalue weighted by atomic mass is 10.1. The third-order valence-corrected chi connectivity index (χ3v) is 3.16. The van der Waals surface area contributed by atoms with Crippen molar-refractivity contribution in [3.05, 3.63) is 74.3 Å². The molecule has 2 aromatic rings. The van der Waals surface area contributed by atoms with Crippen LogP contribution in [0.15, 0.2) is 47.6 Å². The van der Waals surface area contributed by atoms with Crippen molar-refractivity contribution < 1.29 is 9.72 Å². The van der Waals surface area contributed by atoms with Gasteiger partial charge in [0.1, 0.15) is 0 Å². The number of carbonyl (C=O) groups is 1. The predicted molar refractivity (Wildman–Crippen MR) is 84.3 cm³/mol. The summed E-state index contributed by atoms with van der Waals surface area (Å²) in [5.41, 5.74) is 3.84. The first kappa shape index (κ1) is 15.7. The molecule has 6 nitrogen and oxygen atoms in total. The number of hydrogen-bond donors (Lipinski definition) is 1. The largest absolute Gasteiger partial charge is 0.272 e. The number of halogens is 1. The van der Waals surface area contributed by atoms with Crippen LogP contribution < -0.4 is 5.43 Å². The van der Waals surface area contributed by atoms with Gasteiger partial charge in [-0.1, -0.05) is 23.7 Å². The molecule has 0 aliphatic heterocycles. The van der Waals surface area contributed by atoms with Gasteiger partial charge in [0, 0.05) is 22.2 Å². The second-order valence-electron chi connectivity index (χ2n) is 4.51. The van der Waals surface area contributed by atoms with E-state index in [-0.39, 0.29) is 5.69 Å². The van der Waals surface area contributed by atoms with Gasteiger partial charge in [-0.15, -0.1) is 0 Å². The molecule has 2 rings (SSSR count). The zero-order valence-corrected chi connectivity index (χ0v) is 12.4. The van der Waals surface area contributed by atoms with Gasteiger partial charge < -0.3 is 0 Å². The van der Waals surface area contributed by atoms with Crippen LogP contribution >= 0.6 is 11.6 Å². The number of carbonyl (C=O) groups excluding carboxylic acids is 1. The van der Waals surface area contributed by atoms with Gasteiger partial charge in [0.15, 0.2) is 0 Å². The number of hydrazone groups is 1. The van der Waals surface area contributed by atoms with Gasteiger partial charge in [-0.2, -0.15) is 5.10 Å². The Morgan fingerprint density at radius 2 is 1.95 bits per heavy atom. The molecular weight excluding hydrogens is 306 g/mol. The second kappa shape index (κ2) is 6.82. The molecule has 0 fully saturated rings. The van der Waals surface area contributed by atoms with Gasteiger partial charge in [0.2, 0.25) is 0 Å². The zero-order valence-electron chi connectivity index (χ0n) is 11.6. The summed E-state index contributed by atoms with van der Waals surface area (Å²) in [7, 11) is 0. The topological polar surface area (TPSA) is 84.6 Å². The Morgan fingerprint density at radius 3 is 2.55 bits per heavy atom. The lowest BCUT2D eigenvalue weighted by Crippen LogP contribution is -2.17. The van der Waals surface area contributed by atoms with Crippen molar-refractivity contribution in [1.82, 2.24) is 5.43 Å². The SMILES string of the molecule is Cc1cc(C(=O)N/N=C/c2ccc(Cl)cc2)ccc1[N+](=O)[O-]. The van der Waals surface area contributed by atoms with Crippen LogP contribution in [0.3, 0.4) is 0 Å². The molecule has 0 aliphatic carbocycles. The van der Waals surface area contributed by atoms with E-state index in [4.69, 9.17) is 11.6 Å². The summed E-state index contributed by atoms with van der Waals surface area (Å²) in [6, 6.07) is 11.1. The average Bonchev–Trinajstić information content (AvgIpc) is 2.48. The van der Waals surface area contributed by atoms with Crippen molar-refractivity contribution in [1.29, 1.82) is 0 Å². The molecule has 2 aromatic carbocycles. The second-order valence-corrected chi connectivity index (χ2v) is 4.95. The maximum Gasteiger partial charge on any atom is 0.272 e. The summed E-state index contributed by atoms with van der Waals surface area (Å²) in [4.78, 5) is 22.1. The fourth-order valence-electron chi connectivity index (χ4n) is 1.78. The van der Waals surface area contributed by atoms with Crippen molar-refractivity contribution in [2.24, 2.45) is 5.10 Å². The number of aryl methyl sites for hydroxylation is 1. The molecule has 0 spiro atoms. The first-order valence-corrected chi connectivity index (χ1v) is 6.69. The van der Waals surface area contributed by atoms with E-state index in [9.17, 15) is 14.9 Å². The Hall–Kier alpha value is -2.73. The molecular formula is C15H12ClN3O3. The van der Waals surface area contributed by atoms with Crippen molar-refractivity contribution in [2.75, 3.05) is 0 Å². The fourth-order valence-corrected chi connectivity index (χ4v) is 1.91. The highest BCUT2D eigenvalue weighted by Gasteiger charge is 2.13. The minimum absolute atomic E-state index is 0.0267. The van der Waals surface area contributed by atoms with Gasteiger partial charge in [-0.05, 0) is 36.8 Å². The molecule has 112 valence electrons. The van der Waals surface area contributed by atoms with E-state index in [1.54, 1.807) is 31.2 Å². The van der Waals surface area contributed by atoms with Gasteiger partial charge >= 0.3 is 0 Å². The van der Waals surface area contributed by atoms with Crippen molar-refractivity contribution in [3.8, 4) is 0 Å². The smallest absolute Gasteiger partial charge is 0.267 e. The Morgan fingerprint density at radius 1 is 1.27 bits per heavy atom. The number of nitro benzene ring substituents is 1. The van der Waals surface area contributed by atoms with Crippen molar-refractivity contribution in [3.63, 3.8) is 0 Å². The number of nitrogens with one attached hydrogen (secondary N) is 1. The highest BCUT2D eigenvalue weighted by Crippen LogP contribution is 2.18. The third-order valence-electron chi connectivity index (χ3n) is 2.91. The summed E-state index contributed by atoms with van der Waals surface area (Å²) in [6.07, 6.45) is 1.48. The average molecular weight is 318 g/mol. The standard InChI is InChI=1S/C15H12ClN3O3/c1-10-8-12(4-7-14(10)19(21)22)15(20)18-17-9-11-2-5-13(16)6-3-11/h2-9H,1H3,(H,18,20)/b17-9+. The minimum atomic E-state index is -0.490. The number of rotatable bonds is 4. The Kier molecular flexibility index (Phi) is 4.85. The molecule has 0 heterocycles. The molecule has 0 bridgehead atoms. The summed E-state index contributed by atoms with van der Waals surface area (Å²) in [5.74, 6) is -0.441. The van der Waals surface area contributed by atoms with Crippen LogP contribution in [0.2, 0.25) is 5.02 Å². The molecule has 22 heavy (non-hydrogen) atoms. The predicted octanol–water partition coefficient (Wildman–Crippen LogP) is 3.32. The molecule has 0 atom stereocenters. The Bertz CT molecular complexity index is 742. The molecule has 1 N–H and O–H groups in total. The molecule has 0 aliphatic rings. The first-order chi connectivity index (χ1) is 10.5. The number of nitrogens with zero attached hydrogens (tertiary/aromatic N) is 2. The highest BCUT2D eigenvalue weighted by atomic mass is 35.5. The summed E-state index contributed by atoms with van der Waals surface area (Å²) >= 11 is 5.76. The van der Waals surface area contributed by atoms with E-state index in [2.05, 4.69) is 10.5 Å². The van der Waals surface area contributed by atoms with Crippen LogP contribution in [-0.4, -0.2) is 17.0 Å². The van der Waals surface area contributed by atoms with Gasteiger partial charge in [-0.3, -0.25) is 14.9 Å². The van der Waals surface area contributed by atoms with E-state index in [1.165, 1.54) is 24.4 Å². The number of benzene rings is 2. The minimum Gasteiger partial charge on any atom is -0.267 e. The maximum atomic E-state index is 11.9. The van der Waals surface area contributed by atoms with Crippen molar-refractivity contribution >= 4 is 29.4 Å². The maximum absolute atomic E-state index is 11.9. The molecule has 1 amide bonds. The van der Waals surface area contributed by atoms with Crippen LogP contribution in [0.5, 0.6) is 0 Å². The normalized spacial score (nSPS) is 10.6. The Balaban J connectivity index is 2.04. The lowest BCUT2D eigenvalue weighted by Gasteiger charge is -2.02. The van der Waals surface area contributed by atoms with Crippen LogP contribution in [0.25, 0.3) is 0 Å². The van der Waals surface area contributed by atoms with Crippen LogP contribution in [0.4, 0.5) is 5.69 Å².